The van der Waals surface area contributed by atoms with Crippen molar-refractivity contribution in [1.82, 2.24) is 9.97 Å². The van der Waals surface area contributed by atoms with E-state index in [4.69, 9.17) is 9.84 Å². The van der Waals surface area contributed by atoms with Gasteiger partial charge < -0.3 is 19.8 Å². The zero-order chi connectivity index (χ0) is 24.7. The van der Waals surface area contributed by atoms with Crippen molar-refractivity contribution in [1.29, 1.82) is 0 Å². The van der Waals surface area contributed by atoms with Gasteiger partial charge in [-0.15, -0.1) is 0 Å². The van der Waals surface area contributed by atoms with Crippen molar-refractivity contribution in [2.24, 2.45) is 5.92 Å². The van der Waals surface area contributed by atoms with Crippen molar-refractivity contribution < 1.29 is 33.3 Å². The number of Topliss-reactive ketones (excluding diaryl/α,β-unsaturated/α-hetero) is 1. The van der Waals surface area contributed by atoms with Gasteiger partial charge in [0.1, 0.15) is 30.0 Å². The number of aromatic nitrogens is 2. The zero-order valence-corrected chi connectivity index (χ0v) is 18.7. The minimum absolute atomic E-state index is 0.0581. The van der Waals surface area contributed by atoms with Crippen LogP contribution in [0.3, 0.4) is 0 Å². The van der Waals surface area contributed by atoms with Gasteiger partial charge >= 0.3 is 6.03 Å². The molecule has 2 aromatic heterocycles. The highest BCUT2D eigenvalue weighted by Gasteiger charge is 2.57. The molecule has 2 aromatic rings. The van der Waals surface area contributed by atoms with Gasteiger partial charge in [-0.05, 0) is 24.6 Å². The van der Waals surface area contributed by atoms with Gasteiger partial charge in [-0.2, -0.15) is 0 Å². The summed E-state index contributed by atoms with van der Waals surface area (Å²) in [6, 6.07) is 5.60. The van der Waals surface area contributed by atoms with E-state index in [1.807, 2.05) is 0 Å². The lowest BCUT2D eigenvalue weighted by molar-refractivity contribution is 0.0536. The second-order valence-electron chi connectivity index (χ2n) is 9.04. The minimum atomic E-state index is -2.79. The molecular formula is C23H25F2N5O5. The van der Waals surface area contributed by atoms with Crippen LogP contribution in [0.1, 0.15) is 29.8 Å². The van der Waals surface area contributed by atoms with E-state index in [0.29, 0.717) is 30.2 Å². The Morgan fingerprint density at radius 3 is 2.86 bits per heavy atom. The van der Waals surface area contributed by atoms with Gasteiger partial charge in [0.15, 0.2) is 11.6 Å². The largest absolute Gasteiger partial charge is 0.491 e. The van der Waals surface area contributed by atoms with Crippen LogP contribution in [0.4, 0.5) is 30.9 Å². The Labute approximate surface area is 199 Å². The second kappa shape index (κ2) is 9.00. The van der Waals surface area contributed by atoms with Crippen molar-refractivity contribution >= 4 is 29.1 Å². The number of nitrogens with one attached hydrogen (secondary N) is 1. The van der Waals surface area contributed by atoms with Crippen LogP contribution < -0.4 is 19.9 Å². The standard InChI is InChI=1S/C23H25F2N5O5/c24-23(25)9-13(23)7-19(33)17-1-2-18-21(27-17)30(14-4-6-29(18)10-14)22(34)28-20-8-16(3-5-26-20)35-12-15(32)11-31/h1-3,5,8,13-15,31-32H,4,6-7,9-12H2,(H,26,28,34)/t13-,14+,15-/m1/s1. The van der Waals surface area contributed by atoms with E-state index >= 15 is 0 Å². The van der Waals surface area contributed by atoms with Crippen molar-refractivity contribution in [2.75, 3.05) is 41.4 Å². The molecule has 12 heteroatoms. The van der Waals surface area contributed by atoms with Gasteiger partial charge in [0.05, 0.1) is 18.3 Å². The summed E-state index contributed by atoms with van der Waals surface area (Å²) in [4.78, 5) is 38.1. The SMILES string of the molecule is O=C(C[C@@H]1CC1(F)F)c1ccc2c(n1)N(C(=O)Nc1cc(OC[C@H](O)CO)ccn1)[C@H]1CCN2C1. The molecule has 10 nitrogen and oxygen atoms in total. The maximum absolute atomic E-state index is 13.3. The van der Waals surface area contributed by atoms with E-state index in [9.17, 15) is 23.5 Å². The Morgan fingerprint density at radius 2 is 2.11 bits per heavy atom. The predicted octanol–water partition coefficient (Wildman–Crippen LogP) is 2.07. The first-order valence-electron chi connectivity index (χ1n) is 11.4. The smallest absolute Gasteiger partial charge is 0.329 e. The second-order valence-corrected chi connectivity index (χ2v) is 9.04. The first kappa shape index (κ1) is 23.4. The highest BCUT2D eigenvalue weighted by molar-refractivity contribution is 6.05. The Balaban J connectivity index is 1.35. The number of hydrogen-bond acceptors (Lipinski definition) is 8. The summed E-state index contributed by atoms with van der Waals surface area (Å²) >= 11 is 0. The van der Waals surface area contributed by atoms with Crippen molar-refractivity contribution in [2.45, 2.75) is 37.3 Å². The highest BCUT2D eigenvalue weighted by atomic mass is 19.3. The van der Waals surface area contributed by atoms with Gasteiger partial charge in [0.2, 0.25) is 0 Å². The van der Waals surface area contributed by atoms with Crippen LogP contribution >= 0.6 is 0 Å². The maximum atomic E-state index is 13.3. The minimum Gasteiger partial charge on any atom is -0.491 e. The molecule has 2 aliphatic heterocycles. The molecule has 1 saturated carbocycles. The van der Waals surface area contributed by atoms with Crippen molar-refractivity contribution in [3.63, 3.8) is 0 Å². The number of aliphatic hydroxyl groups excluding tert-OH is 2. The molecule has 2 fully saturated rings. The molecule has 35 heavy (non-hydrogen) atoms. The lowest BCUT2D eigenvalue weighted by Crippen LogP contribution is -2.48. The summed E-state index contributed by atoms with van der Waals surface area (Å²) < 4.78 is 32.0. The number of pyridine rings is 2. The van der Waals surface area contributed by atoms with Crippen molar-refractivity contribution in [3.05, 3.63) is 36.2 Å². The Morgan fingerprint density at radius 1 is 1.31 bits per heavy atom. The van der Waals surface area contributed by atoms with Crippen LogP contribution in [0.25, 0.3) is 0 Å². The van der Waals surface area contributed by atoms with Crippen LogP contribution in [0.15, 0.2) is 30.5 Å². The molecular weight excluding hydrogens is 464 g/mol. The average molecular weight is 489 g/mol. The van der Waals surface area contributed by atoms with Crippen LogP contribution in [0.5, 0.6) is 5.75 Å². The Kier molecular flexibility index (Phi) is 6.01. The number of amides is 2. The number of ketones is 1. The van der Waals surface area contributed by atoms with Crippen LogP contribution in [-0.4, -0.2) is 76.4 Å². The van der Waals surface area contributed by atoms with E-state index in [0.717, 1.165) is 6.54 Å². The monoisotopic (exact) mass is 489 g/mol. The Bertz CT molecular complexity index is 1150. The molecule has 2 bridgehead atoms. The number of carbonyl (C=O) groups excluding carboxylic acids is 2. The molecule has 2 amide bonds. The summed E-state index contributed by atoms with van der Waals surface area (Å²) in [5.41, 5.74) is 0.757. The van der Waals surface area contributed by atoms with Crippen LogP contribution in [0, 0.1) is 5.92 Å². The lowest BCUT2D eigenvalue weighted by Gasteiger charge is -2.35. The predicted molar refractivity (Wildman–Crippen MR) is 121 cm³/mol. The number of rotatable bonds is 8. The average Bonchev–Trinajstić information content (AvgIpc) is 3.23. The fourth-order valence-corrected chi connectivity index (χ4v) is 4.43. The quantitative estimate of drug-likeness (QED) is 0.481. The number of aliphatic hydroxyl groups is 2. The molecule has 3 aliphatic rings. The summed E-state index contributed by atoms with van der Waals surface area (Å²) in [7, 11) is 0. The third-order valence-corrected chi connectivity index (χ3v) is 6.46. The van der Waals surface area contributed by atoms with E-state index in [2.05, 4.69) is 20.2 Å². The molecule has 3 atom stereocenters. The highest BCUT2D eigenvalue weighted by Crippen LogP contribution is 2.51. The molecule has 1 saturated heterocycles. The number of hydrogen-bond donors (Lipinski definition) is 3. The number of carbonyl (C=O) groups is 2. The van der Waals surface area contributed by atoms with E-state index in [1.54, 1.807) is 12.1 Å². The lowest BCUT2D eigenvalue weighted by atomic mass is 10.1. The molecule has 5 rings (SSSR count). The van der Waals surface area contributed by atoms with Gasteiger partial charge in [-0.25, -0.2) is 23.5 Å². The molecule has 0 radical (unpaired) electrons. The van der Waals surface area contributed by atoms with Crippen LogP contribution in [0.2, 0.25) is 0 Å². The van der Waals surface area contributed by atoms with Gasteiger partial charge in [0.25, 0.3) is 5.92 Å². The third kappa shape index (κ3) is 4.76. The summed E-state index contributed by atoms with van der Waals surface area (Å²) in [5, 5.41) is 21.1. The summed E-state index contributed by atoms with van der Waals surface area (Å²) in [6.07, 6.45) is 0.533. The molecule has 186 valence electrons. The topological polar surface area (TPSA) is 128 Å². The van der Waals surface area contributed by atoms with E-state index in [-0.39, 0.29) is 37.0 Å². The number of urea groups is 1. The normalized spacial score (nSPS) is 22.4. The number of ether oxygens (including phenoxy) is 1. The third-order valence-electron chi connectivity index (χ3n) is 6.46. The molecule has 3 N–H and O–H groups in total. The van der Waals surface area contributed by atoms with Crippen LogP contribution in [-0.2, 0) is 0 Å². The molecule has 0 spiro atoms. The van der Waals surface area contributed by atoms with Gasteiger partial charge in [0, 0.05) is 44.1 Å². The first-order valence-corrected chi connectivity index (χ1v) is 11.4. The van der Waals surface area contributed by atoms with E-state index < -0.39 is 36.4 Å². The molecule has 1 aliphatic carbocycles. The fourth-order valence-electron chi connectivity index (χ4n) is 4.43. The Hall–Kier alpha value is -3.38. The molecule has 0 aromatic carbocycles. The zero-order valence-electron chi connectivity index (χ0n) is 18.7. The number of fused-ring (bicyclic) bond motifs is 4. The molecule has 0 unspecified atom stereocenters. The number of anilines is 3. The maximum Gasteiger partial charge on any atom is 0.329 e. The molecule has 4 heterocycles. The van der Waals surface area contributed by atoms with E-state index in [1.165, 1.54) is 23.2 Å². The van der Waals surface area contributed by atoms with Gasteiger partial charge in [-0.1, -0.05) is 0 Å². The number of alkyl halides is 2. The summed E-state index contributed by atoms with van der Waals surface area (Å²) in [5.74, 6) is -3.36. The summed E-state index contributed by atoms with van der Waals surface area (Å²) in [6.45, 7) is 0.764. The number of halogens is 2. The first-order chi connectivity index (χ1) is 16.7. The number of nitrogens with zero attached hydrogens (tertiary/aromatic N) is 4. The van der Waals surface area contributed by atoms with Crippen molar-refractivity contribution in [3.8, 4) is 5.75 Å². The fraction of sp³-hybridized carbons (Fsp3) is 0.478. The van der Waals surface area contributed by atoms with Gasteiger partial charge in [-0.3, -0.25) is 15.0 Å².